The summed E-state index contributed by atoms with van der Waals surface area (Å²) < 4.78 is 4.77. The number of anilines is 1. The van der Waals surface area contributed by atoms with Crippen LogP contribution in [-0.4, -0.2) is 43.7 Å². The largest absolute Gasteiger partial charge is 0.468 e. The monoisotopic (exact) mass is 249 g/mol. The number of aromatic nitrogens is 1. The third-order valence-electron chi connectivity index (χ3n) is 3.15. The molecule has 0 spiro atoms. The molecule has 0 bridgehead atoms. The summed E-state index contributed by atoms with van der Waals surface area (Å²) in [5, 5.41) is 3.16. The Morgan fingerprint density at radius 1 is 1.56 bits per heavy atom. The number of nitrogens with one attached hydrogen (secondary N) is 1. The summed E-state index contributed by atoms with van der Waals surface area (Å²) in [6.07, 6.45) is 1.86. The summed E-state index contributed by atoms with van der Waals surface area (Å²) in [6, 6.07) is 1.84. The van der Waals surface area contributed by atoms with Gasteiger partial charge in [-0.3, -0.25) is 4.79 Å². The maximum atomic E-state index is 11.6. The van der Waals surface area contributed by atoms with Gasteiger partial charge in [0.2, 0.25) is 0 Å². The number of hydrogen-bond acceptors (Lipinski definition) is 5. The van der Waals surface area contributed by atoms with Gasteiger partial charge in [-0.15, -0.1) is 0 Å². The van der Waals surface area contributed by atoms with Gasteiger partial charge in [-0.1, -0.05) is 6.07 Å². The van der Waals surface area contributed by atoms with Crippen LogP contribution in [0.3, 0.4) is 0 Å². The molecule has 1 N–H and O–H groups in total. The Bertz CT molecular complexity index is 448. The molecule has 1 unspecified atom stereocenters. The molecule has 5 nitrogen and oxygen atoms in total. The number of methoxy groups -OCH3 is 1. The van der Waals surface area contributed by atoms with Gasteiger partial charge < -0.3 is 15.0 Å². The molecule has 2 heterocycles. The van der Waals surface area contributed by atoms with E-state index >= 15 is 0 Å². The Labute approximate surface area is 107 Å². The smallest absolute Gasteiger partial charge is 0.324 e. The van der Waals surface area contributed by atoms with Crippen molar-refractivity contribution in [2.75, 3.05) is 31.6 Å². The molecule has 0 aliphatic carbocycles. The lowest BCUT2D eigenvalue weighted by Crippen LogP contribution is -2.55. The first-order chi connectivity index (χ1) is 8.61. The number of carbonyl (C=O) groups excluding carboxylic acids is 1. The number of hydrogen-bond donors (Lipinski definition) is 1. The fourth-order valence-corrected chi connectivity index (χ4v) is 2.28. The lowest BCUT2D eigenvalue weighted by Gasteiger charge is -2.33. The third kappa shape index (κ3) is 2.61. The van der Waals surface area contributed by atoms with Gasteiger partial charge in [0.15, 0.2) is 0 Å². The highest BCUT2D eigenvalue weighted by Crippen LogP contribution is 2.19. The average Bonchev–Trinajstić information content (AvgIpc) is 2.38. The summed E-state index contributed by atoms with van der Waals surface area (Å²) in [6.45, 7) is 6.28. The Kier molecular flexibility index (Phi) is 3.81. The van der Waals surface area contributed by atoms with Crippen molar-refractivity contribution < 1.29 is 9.53 Å². The van der Waals surface area contributed by atoms with Crippen LogP contribution in [0.5, 0.6) is 0 Å². The molecule has 2 rings (SSSR count). The fraction of sp³-hybridized carbons (Fsp3) is 0.538. The van der Waals surface area contributed by atoms with E-state index in [4.69, 9.17) is 4.74 Å². The Balaban J connectivity index is 2.15. The molecule has 0 radical (unpaired) electrons. The van der Waals surface area contributed by atoms with E-state index in [1.165, 1.54) is 7.11 Å². The first-order valence-corrected chi connectivity index (χ1v) is 6.11. The van der Waals surface area contributed by atoms with Crippen LogP contribution in [0.25, 0.3) is 0 Å². The standard InChI is InChI=1S/C13H19N3O2/c1-9-6-10(2)12(15-7-9)16-5-4-14-11(8-16)13(17)18-3/h6-7,11,14H,4-5,8H2,1-3H3. The second-order valence-corrected chi connectivity index (χ2v) is 4.63. The number of rotatable bonds is 2. The van der Waals surface area contributed by atoms with Gasteiger partial charge in [0.25, 0.3) is 0 Å². The predicted molar refractivity (Wildman–Crippen MR) is 69.7 cm³/mol. The van der Waals surface area contributed by atoms with Crippen molar-refractivity contribution in [3.8, 4) is 0 Å². The Morgan fingerprint density at radius 2 is 2.33 bits per heavy atom. The number of carbonyl (C=O) groups is 1. The zero-order valence-corrected chi connectivity index (χ0v) is 11.1. The van der Waals surface area contributed by atoms with E-state index in [1.807, 2.05) is 20.0 Å². The summed E-state index contributed by atoms with van der Waals surface area (Å²) in [5.74, 6) is 0.737. The fourth-order valence-electron chi connectivity index (χ4n) is 2.28. The number of esters is 1. The third-order valence-corrected chi connectivity index (χ3v) is 3.15. The Hall–Kier alpha value is -1.62. The molecule has 0 aromatic carbocycles. The van der Waals surface area contributed by atoms with Crippen molar-refractivity contribution in [3.63, 3.8) is 0 Å². The molecular formula is C13H19N3O2. The van der Waals surface area contributed by atoms with Crippen LogP contribution in [-0.2, 0) is 9.53 Å². The topological polar surface area (TPSA) is 54.5 Å². The molecule has 98 valence electrons. The minimum atomic E-state index is -0.272. The van der Waals surface area contributed by atoms with Crippen molar-refractivity contribution in [2.45, 2.75) is 19.9 Å². The molecule has 0 saturated carbocycles. The second kappa shape index (κ2) is 5.35. The van der Waals surface area contributed by atoms with E-state index in [0.29, 0.717) is 6.54 Å². The molecule has 5 heteroatoms. The highest BCUT2D eigenvalue weighted by molar-refractivity contribution is 5.77. The average molecular weight is 249 g/mol. The van der Waals surface area contributed by atoms with Crippen LogP contribution >= 0.6 is 0 Å². The van der Waals surface area contributed by atoms with E-state index in [9.17, 15) is 4.79 Å². The zero-order valence-electron chi connectivity index (χ0n) is 11.1. The van der Waals surface area contributed by atoms with Gasteiger partial charge in [0.05, 0.1) is 7.11 Å². The first-order valence-electron chi connectivity index (χ1n) is 6.11. The predicted octanol–water partition coefficient (Wildman–Crippen LogP) is 0.650. The van der Waals surface area contributed by atoms with E-state index in [-0.39, 0.29) is 12.0 Å². The van der Waals surface area contributed by atoms with Crippen LogP contribution in [0.1, 0.15) is 11.1 Å². The van der Waals surface area contributed by atoms with Gasteiger partial charge in [0.1, 0.15) is 11.9 Å². The van der Waals surface area contributed by atoms with Crippen molar-refractivity contribution in [1.29, 1.82) is 0 Å². The molecule has 1 saturated heterocycles. The lowest BCUT2D eigenvalue weighted by atomic mass is 10.1. The summed E-state index contributed by atoms with van der Waals surface area (Å²) >= 11 is 0. The van der Waals surface area contributed by atoms with Crippen LogP contribution in [0.15, 0.2) is 12.3 Å². The Morgan fingerprint density at radius 3 is 3.00 bits per heavy atom. The number of pyridine rings is 1. The number of piperazine rings is 1. The molecule has 1 aliphatic rings. The quantitative estimate of drug-likeness (QED) is 0.780. The second-order valence-electron chi connectivity index (χ2n) is 4.63. The molecule has 1 aromatic heterocycles. The minimum Gasteiger partial charge on any atom is -0.468 e. The highest BCUT2D eigenvalue weighted by Gasteiger charge is 2.27. The van der Waals surface area contributed by atoms with E-state index in [1.54, 1.807) is 0 Å². The van der Waals surface area contributed by atoms with Crippen LogP contribution in [0, 0.1) is 13.8 Å². The van der Waals surface area contributed by atoms with Gasteiger partial charge >= 0.3 is 5.97 Å². The van der Waals surface area contributed by atoms with Crippen molar-refractivity contribution >= 4 is 11.8 Å². The molecular weight excluding hydrogens is 230 g/mol. The maximum absolute atomic E-state index is 11.6. The molecule has 1 aliphatic heterocycles. The van der Waals surface area contributed by atoms with Gasteiger partial charge in [-0.05, 0) is 25.0 Å². The van der Waals surface area contributed by atoms with E-state index in [0.717, 1.165) is 30.0 Å². The summed E-state index contributed by atoms with van der Waals surface area (Å²) in [5.41, 5.74) is 2.29. The van der Waals surface area contributed by atoms with Crippen molar-refractivity contribution in [3.05, 3.63) is 23.4 Å². The van der Waals surface area contributed by atoms with Crippen molar-refractivity contribution in [1.82, 2.24) is 10.3 Å². The summed E-state index contributed by atoms with van der Waals surface area (Å²) in [7, 11) is 1.42. The summed E-state index contributed by atoms with van der Waals surface area (Å²) in [4.78, 5) is 18.1. The number of nitrogens with zero attached hydrogens (tertiary/aromatic N) is 2. The van der Waals surface area contributed by atoms with E-state index < -0.39 is 0 Å². The molecule has 1 fully saturated rings. The van der Waals surface area contributed by atoms with Crippen LogP contribution in [0.2, 0.25) is 0 Å². The van der Waals surface area contributed by atoms with Gasteiger partial charge in [-0.25, -0.2) is 4.98 Å². The molecule has 18 heavy (non-hydrogen) atoms. The maximum Gasteiger partial charge on any atom is 0.324 e. The van der Waals surface area contributed by atoms with Gasteiger partial charge in [0, 0.05) is 25.8 Å². The van der Waals surface area contributed by atoms with Crippen molar-refractivity contribution in [2.24, 2.45) is 0 Å². The number of ether oxygens (including phenoxy) is 1. The normalized spacial score (nSPS) is 19.7. The SMILES string of the molecule is COC(=O)C1CN(c2ncc(C)cc2C)CCN1. The number of aryl methyl sites for hydroxylation is 2. The highest BCUT2D eigenvalue weighted by atomic mass is 16.5. The minimum absolute atomic E-state index is 0.218. The first kappa shape index (κ1) is 12.8. The van der Waals surface area contributed by atoms with Crippen LogP contribution in [0.4, 0.5) is 5.82 Å². The van der Waals surface area contributed by atoms with E-state index in [2.05, 4.69) is 21.3 Å². The lowest BCUT2D eigenvalue weighted by molar-refractivity contribution is -0.143. The van der Waals surface area contributed by atoms with Crippen LogP contribution < -0.4 is 10.2 Å². The van der Waals surface area contributed by atoms with Gasteiger partial charge in [-0.2, -0.15) is 0 Å². The molecule has 1 atom stereocenters. The molecule has 1 aromatic rings. The molecule has 0 amide bonds. The zero-order chi connectivity index (χ0) is 13.1.